The van der Waals surface area contributed by atoms with E-state index in [1.54, 1.807) is 61.8 Å². The molecule has 0 radical (unpaired) electrons. The molecular formula is C85H121N15O21S2. The summed E-state index contributed by atoms with van der Waals surface area (Å²) in [5, 5.41) is 78.2. The highest BCUT2D eigenvalue weighted by atomic mass is 33.1. The quantitative estimate of drug-likeness (QED) is 0.0295. The molecule has 36 nitrogen and oxygen atoms in total. The van der Waals surface area contributed by atoms with Crippen LogP contribution in [0.15, 0.2) is 103 Å². The van der Waals surface area contributed by atoms with Crippen molar-refractivity contribution in [1.82, 2.24) is 73.2 Å². The Labute approximate surface area is 724 Å². The number of amides is 14. The van der Waals surface area contributed by atoms with Crippen LogP contribution in [0.1, 0.15) is 143 Å². The lowest BCUT2D eigenvalue weighted by molar-refractivity contribution is -0.142. The number of nitrogens with zero attached hydrogens (tertiary/aromatic N) is 3. The van der Waals surface area contributed by atoms with Crippen molar-refractivity contribution in [2.24, 2.45) is 29.4 Å². The van der Waals surface area contributed by atoms with E-state index in [-0.39, 0.29) is 123 Å². The van der Waals surface area contributed by atoms with E-state index >= 15 is 0 Å². The first kappa shape index (κ1) is 102. The molecule has 12 atom stereocenters. The Morgan fingerprint density at radius 1 is 0.585 bits per heavy atom. The number of carboxylic acids is 2. The van der Waals surface area contributed by atoms with E-state index in [2.05, 4.69) is 58.5 Å². The van der Waals surface area contributed by atoms with Crippen LogP contribution in [0.5, 0.6) is 11.5 Å². The van der Waals surface area contributed by atoms with Gasteiger partial charge in [-0.15, -0.1) is 0 Å². The van der Waals surface area contributed by atoms with Gasteiger partial charge in [-0.05, 0) is 116 Å². The van der Waals surface area contributed by atoms with E-state index in [4.69, 9.17) is 5.73 Å². The SMILES string of the molecule is CC(C)C[C@H](NC(=O)c1ccc(-c2ccccc2)cc1)C(=O)N1CCC[C@H]1C(=O)N[C@H]1CSSC[C@@H](C)NC(=O)C([C@@H](C)O)NC(=O)CNC(=O)[C@H](Cc2ccc(O)cc2)NC(=O)[C@H](Cc2ccc(O)cc2)NC(=O)[C@H](CC(=O)O)NC1=O.CCC(C)C(=O)N(CCNC(=O)[C@H](CC(=O)O)NC(=O)[C@H](CC(C)C)NC(C)=O)CCN(CCN)C(=O)C(C)C. The summed E-state index contributed by atoms with van der Waals surface area (Å²) in [6.07, 6.45) is -1.93. The summed E-state index contributed by atoms with van der Waals surface area (Å²) in [6.45, 7) is 19.6. The second-order valence-electron chi connectivity index (χ2n) is 31.6. The standard InChI is InChI=1S/C58H71N9O14S2.C27H50N6O7/c1-32(2)25-45(64-51(74)39-18-16-38(17-19-39)37-9-6-5-7-10-37)58(81)67-24-8-11-47(67)56(79)65-46-31-83-82-30-33(3)60-57(80)50(34(4)68)66-48(71)29-59-52(75)42(26-35-12-20-40(69)21-13-35)61-53(76)43(27-36-14-22-41(70)23-15-36)62-54(77)44(28-49(72)73)63-55(46)78;1-8-19(6)27(40)33(14-13-32(11-9-28)26(39)18(4)5)12-10-29-24(37)22(16-23(35)36)31-25(38)21(15-17(2)3)30-20(7)34/h5-7,9-10,12-23,32-34,42-47,50,68-70H,8,11,24-31H2,1-4H3,(H,59,75)(H,60,80)(H,61,76)(H,62,77)(H,63,78)(H,64,74)(H,65,79)(H,66,71)(H,72,73);17-19,21-22H,8-16,28H2,1-7H3,(H,29,37)(H,30,34)(H,31,38)(H,35,36)/t33-,34-,42+,43+,44+,45+,46+,47+,50?;19?,21-,22-/m10/s1. The van der Waals surface area contributed by atoms with E-state index in [1.165, 1.54) is 67.3 Å². The summed E-state index contributed by atoms with van der Waals surface area (Å²) in [4.78, 5) is 218. The Kier molecular flexibility index (Phi) is 42.8. The fourth-order valence-corrected chi connectivity index (χ4v) is 15.7. The number of rotatable bonds is 34. The number of aromatic hydroxyl groups is 2. The average Bonchev–Trinajstić information content (AvgIpc) is 1.69. The minimum absolute atomic E-state index is 0.00311. The van der Waals surface area contributed by atoms with Crippen molar-refractivity contribution < 1.29 is 102 Å². The maximum atomic E-state index is 14.5. The van der Waals surface area contributed by atoms with Crippen LogP contribution in [0.25, 0.3) is 11.1 Å². The van der Waals surface area contributed by atoms with Crippen molar-refractivity contribution in [2.75, 3.05) is 63.9 Å². The highest BCUT2D eigenvalue weighted by molar-refractivity contribution is 8.76. The number of phenolic OH excluding ortho intramolecular Hbond substituents is 2. The zero-order valence-electron chi connectivity index (χ0n) is 71.4. The third kappa shape index (κ3) is 35.2. The zero-order valence-corrected chi connectivity index (χ0v) is 73.0. The zero-order chi connectivity index (χ0) is 91.3. The monoisotopic (exact) mass is 1750 g/mol. The van der Waals surface area contributed by atoms with Crippen LogP contribution in [0.4, 0.5) is 0 Å². The molecule has 0 spiro atoms. The molecule has 4 aromatic rings. The average molecular weight is 1750 g/mol. The van der Waals surface area contributed by atoms with Crippen LogP contribution < -0.4 is 64.2 Å². The fourth-order valence-electron chi connectivity index (χ4n) is 13.2. The number of aliphatic carboxylic acids is 2. The van der Waals surface area contributed by atoms with Gasteiger partial charge in [0.05, 0.1) is 25.5 Å². The van der Waals surface area contributed by atoms with Crippen molar-refractivity contribution in [1.29, 1.82) is 0 Å². The summed E-state index contributed by atoms with van der Waals surface area (Å²) in [7, 11) is 2.22. The number of aliphatic hydroxyl groups is 1. The third-order valence-electron chi connectivity index (χ3n) is 19.9. The normalized spacial score (nSPS) is 19.5. The Morgan fingerprint density at radius 3 is 1.67 bits per heavy atom. The number of phenols is 2. The minimum Gasteiger partial charge on any atom is -0.508 e. The van der Waals surface area contributed by atoms with Crippen LogP contribution in [0, 0.1) is 23.7 Å². The number of aliphatic hydroxyl groups excluding tert-OH is 1. The lowest BCUT2D eigenvalue weighted by atomic mass is 10.0. The van der Waals surface area contributed by atoms with Gasteiger partial charge in [0.15, 0.2) is 0 Å². The molecule has 0 saturated carbocycles. The van der Waals surface area contributed by atoms with Crippen molar-refractivity contribution >= 4 is 116 Å². The molecule has 2 heterocycles. The first-order valence-electron chi connectivity index (χ1n) is 41.1. The molecule has 4 aromatic carbocycles. The predicted octanol–water partition coefficient (Wildman–Crippen LogP) is 1.61. The van der Waals surface area contributed by atoms with Gasteiger partial charge in [0.25, 0.3) is 5.91 Å². The summed E-state index contributed by atoms with van der Waals surface area (Å²) >= 11 is 0. The second-order valence-corrected chi connectivity index (χ2v) is 34.1. The van der Waals surface area contributed by atoms with Crippen LogP contribution in [0.2, 0.25) is 0 Å². The number of nitrogens with two attached hydrogens (primary N) is 1. The lowest BCUT2D eigenvalue weighted by Crippen LogP contribution is -2.60. The Bertz CT molecular complexity index is 4240. The van der Waals surface area contributed by atoms with Gasteiger partial charge in [-0.25, -0.2) is 0 Å². The van der Waals surface area contributed by atoms with Crippen LogP contribution in [0.3, 0.4) is 0 Å². The largest absolute Gasteiger partial charge is 0.508 e. The Morgan fingerprint density at radius 2 is 1.13 bits per heavy atom. The van der Waals surface area contributed by atoms with Gasteiger partial charge in [-0.3, -0.25) is 76.7 Å². The molecule has 38 heteroatoms. The maximum absolute atomic E-state index is 14.5. The summed E-state index contributed by atoms with van der Waals surface area (Å²) < 4.78 is 0. The van der Waals surface area contributed by atoms with Gasteiger partial charge in [-0.1, -0.05) is 144 Å². The molecule has 123 heavy (non-hydrogen) atoms. The number of carbonyl (C=O) groups is 16. The van der Waals surface area contributed by atoms with Gasteiger partial charge in [0, 0.05) is 101 Å². The second kappa shape index (κ2) is 51.5. The van der Waals surface area contributed by atoms with E-state index in [0.717, 1.165) is 32.7 Å². The molecule has 2 fully saturated rings. The smallest absolute Gasteiger partial charge is 0.305 e. The number of carbonyl (C=O) groups excluding carboxylic acids is 14. The number of likely N-dealkylation sites (tertiary alicyclic amines) is 1. The molecule has 2 unspecified atom stereocenters. The fraction of sp³-hybridized carbons (Fsp3) is 0.529. The highest BCUT2D eigenvalue weighted by Gasteiger charge is 2.41. The summed E-state index contributed by atoms with van der Waals surface area (Å²) in [5.74, 6) is -13.2. The topological polar surface area (TPSA) is 542 Å². The lowest BCUT2D eigenvalue weighted by Gasteiger charge is -2.31. The van der Waals surface area contributed by atoms with Gasteiger partial charge in [0.2, 0.25) is 76.8 Å². The molecule has 6 rings (SSSR count). The van der Waals surface area contributed by atoms with Crippen molar-refractivity contribution in [3.05, 3.63) is 120 Å². The van der Waals surface area contributed by atoms with E-state index in [0.29, 0.717) is 42.5 Å². The molecule has 0 bridgehead atoms. The molecule has 18 N–H and O–H groups in total. The van der Waals surface area contributed by atoms with Gasteiger partial charge in [0.1, 0.15) is 65.9 Å². The van der Waals surface area contributed by atoms with Crippen LogP contribution in [-0.2, 0) is 84.8 Å². The van der Waals surface area contributed by atoms with Crippen molar-refractivity contribution in [2.45, 2.75) is 200 Å². The Balaban J connectivity index is 0.000000565. The molecule has 2 aliphatic heterocycles. The number of hydrogen-bond donors (Lipinski definition) is 17. The minimum atomic E-state index is -1.89. The summed E-state index contributed by atoms with van der Waals surface area (Å²) in [5.41, 5.74) is 8.63. The van der Waals surface area contributed by atoms with E-state index in [9.17, 15) is 102 Å². The van der Waals surface area contributed by atoms with Crippen LogP contribution in [-0.4, -0.2) is 265 Å². The van der Waals surface area contributed by atoms with Crippen LogP contribution >= 0.6 is 21.6 Å². The van der Waals surface area contributed by atoms with Crippen molar-refractivity contribution in [3.8, 4) is 22.6 Å². The third-order valence-corrected chi connectivity index (χ3v) is 22.5. The van der Waals surface area contributed by atoms with Gasteiger partial charge in [-0.2, -0.15) is 0 Å². The molecule has 0 aliphatic carbocycles. The summed E-state index contributed by atoms with van der Waals surface area (Å²) in [6, 6.07) is 14.6. The van der Waals surface area contributed by atoms with Gasteiger partial charge < -0.3 is 104 Å². The molecular weight excluding hydrogens is 1630 g/mol. The molecule has 674 valence electrons. The molecule has 14 amide bonds. The highest BCUT2D eigenvalue weighted by Crippen LogP contribution is 2.27. The number of nitrogens with one attached hydrogen (secondary N) is 11. The molecule has 2 saturated heterocycles. The molecule has 0 aromatic heterocycles. The van der Waals surface area contributed by atoms with Gasteiger partial charge >= 0.3 is 11.9 Å². The van der Waals surface area contributed by atoms with Crippen molar-refractivity contribution in [3.63, 3.8) is 0 Å². The number of carboxylic acid groups (broad SMARTS) is 2. The maximum Gasteiger partial charge on any atom is 0.305 e. The first-order valence-corrected chi connectivity index (χ1v) is 43.6. The molecule has 2 aliphatic rings. The first-order chi connectivity index (χ1) is 58.2. The number of benzene rings is 4. The van der Waals surface area contributed by atoms with E-state index < -0.39 is 169 Å². The van der Waals surface area contributed by atoms with E-state index in [1.807, 2.05) is 65.0 Å². The number of hydrogen-bond acceptors (Lipinski definition) is 22. The Hall–Kier alpha value is -11.4. The predicted molar refractivity (Wildman–Crippen MR) is 461 cm³/mol.